The molecule has 0 aliphatic rings. The first-order chi connectivity index (χ1) is 17.0. The van der Waals surface area contributed by atoms with Crippen LogP contribution < -0.4 is 10.1 Å². The lowest BCUT2D eigenvalue weighted by Crippen LogP contribution is -2.46. The van der Waals surface area contributed by atoms with E-state index in [4.69, 9.17) is 11.6 Å². The summed E-state index contributed by atoms with van der Waals surface area (Å²) in [7, 11) is 0.850. The second-order valence-electron chi connectivity index (χ2n) is 7.42. The summed E-state index contributed by atoms with van der Waals surface area (Å²) in [5, 5.41) is 9.44. The summed E-state index contributed by atoms with van der Waals surface area (Å²) in [6.07, 6.45) is -20.2. The number of carbonyl (C=O) groups is 1. The highest BCUT2D eigenvalue weighted by Crippen LogP contribution is 2.44. The van der Waals surface area contributed by atoms with E-state index < -0.39 is 47.8 Å². The third-order valence-corrected chi connectivity index (χ3v) is 5.09. The highest BCUT2D eigenvalue weighted by atomic mass is 35.5. The second-order valence-corrected chi connectivity index (χ2v) is 7.83. The molecule has 3 rings (SSSR count). The number of halogens is 10. The number of hydrogen-bond acceptors (Lipinski definition) is 4. The fourth-order valence-corrected chi connectivity index (χ4v) is 3.37. The molecule has 17 heteroatoms. The largest absolute Gasteiger partial charge is 0.440 e. The highest BCUT2D eigenvalue weighted by molar-refractivity contribution is 6.34. The summed E-state index contributed by atoms with van der Waals surface area (Å²) in [5.74, 6) is -3.55. The maximum absolute atomic E-state index is 13.8. The number of rotatable bonds is 7. The highest BCUT2D eigenvalue weighted by Gasteiger charge is 2.60. The van der Waals surface area contributed by atoms with Crippen LogP contribution in [-0.2, 0) is 13.2 Å². The molecular weight excluding hydrogens is 549 g/mol. The number of nitrogens with one attached hydrogen (secondary N) is 1. The number of benzene rings is 1. The molecule has 1 N–H and O–H groups in total. The fraction of sp³-hybridized carbons (Fsp3) is 0.350. The number of aromatic nitrogens is 4. The Bertz CT molecular complexity index is 1300. The summed E-state index contributed by atoms with van der Waals surface area (Å²) >= 11 is 6.02. The molecule has 1 unspecified atom stereocenters. The Hall–Kier alpha value is -3.43. The van der Waals surface area contributed by atoms with Gasteiger partial charge in [0.15, 0.2) is 11.4 Å². The summed E-state index contributed by atoms with van der Waals surface area (Å²) in [5.41, 5.74) is -1.56. The van der Waals surface area contributed by atoms with E-state index >= 15 is 0 Å². The molecule has 1 atom stereocenters. The molecule has 3 aromatic rings. The minimum atomic E-state index is -6.12. The van der Waals surface area contributed by atoms with Crippen molar-refractivity contribution in [3.63, 3.8) is 0 Å². The maximum atomic E-state index is 13.8. The van der Waals surface area contributed by atoms with Crippen molar-refractivity contribution in [2.45, 2.75) is 31.6 Å². The maximum Gasteiger partial charge on any atom is 0.440 e. The van der Waals surface area contributed by atoms with E-state index in [-0.39, 0.29) is 28.3 Å². The van der Waals surface area contributed by atoms with Crippen LogP contribution in [0.1, 0.15) is 22.8 Å². The Labute approximate surface area is 206 Å². The van der Waals surface area contributed by atoms with Crippen LogP contribution in [0.3, 0.4) is 0 Å². The first kappa shape index (κ1) is 28.1. The molecule has 37 heavy (non-hydrogen) atoms. The van der Waals surface area contributed by atoms with Crippen LogP contribution >= 0.6 is 11.6 Å². The minimum absolute atomic E-state index is 0.0497. The first-order valence-corrected chi connectivity index (χ1v) is 10.4. The standard InChI is InChI=1S/C20H15ClF9N5O2/c1-3-31-14(36)11-6-9(4-5-12(11)21)10-7-32-35(8-10)16-13(18(23,24)25)15(33-34(16)2)37-20(29,30)17(22)19(26,27)28/h4-8,17H,3H2,1-2H3,(H,31,36). The average Bonchev–Trinajstić information content (AvgIpc) is 3.36. The lowest BCUT2D eigenvalue weighted by atomic mass is 10.1. The van der Waals surface area contributed by atoms with Crippen molar-refractivity contribution in [2.75, 3.05) is 6.54 Å². The molecule has 202 valence electrons. The van der Waals surface area contributed by atoms with Crippen LogP contribution in [-0.4, -0.2) is 50.5 Å². The first-order valence-electron chi connectivity index (χ1n) is 10.0. The topological polar surface area (TPSA) is 74.0 Å². The number of hydrogen-bond donors (Lipinski definition) is 1. The van der Waals surface area contributed by atoms with Crippen LogP contribution in [0.25, 0.3) is 16.9 Å². The van der Waals surface area contributed by atoms with Crippen LogP contribution in [0, 0.1) is 0 Å². The van der Waals surface area contributed by atoms with Gasteiger partial charge in [0.25, 0.3) is 18.0 Å². The molecule has 1 amide bonds. The third kappa shape index (κ3) is 5.78. The zero-order valence-electron chi connectivity index (χ0n) is 18.6. The Kier molecular flexibility index (Phi) is 7.45. The molecule has 0 fully saturated rings. The molecule has 0 aliphatic carbocycles. The summed E-state index contributed by atoms with van der Waals surface area (Å²) in [4.78, 5) is 12.2. The summed E-state index contributed by atoms with van der Waals surface area (Å²) in [6.45, 7) is 1.95. The van der Waals surface area contributed by atoms with Gasteiger partial charge in [-0.3, -0.25) is 4.79 Å². The molecule has 0 radical (unpaired) electrons. The van der Waals surface area contributed by atoms with Crippen LogP contribution in [0.15, 0.2) is 30.6 Å². The Morgan fingerprint density at radius 2 is 1.78 bits per heavy atom. The van der Waals surface area contributed by atoms with E-state index in [1.807, 2.05) is 0 Å². The Morgan fingerprint density at radius 3 is 2.35 bits per heavy atom. The molecule has 1 aromatic carbocycles. The second kappa shape index (κ2) is 9.79. The van der Waals surface area contributed by atoms with Crippen LogP contribution in [0.5, 0.6) is 5.88 Å². The predicted molar refractivity (Wildman–Crippen MR) is 110 cm³/mol. The van der Waals surface area contributed by atoms with E-state index in [1.54, 1.807) is 6.92 Å². The molecule has 0 saturated carbocycles. The number of amides is 1. The van der Waals surface area contributed by atoms with Crippen molar-refractivity contribution < 1.29 is 49.0 Å². The van der Waals surface area contributed by atoms with Gasteiger partial charge in [-0.05, 0) is 24.6 Å². The molecule has 0 aliphatic heterocycles. The van der Waals surface area contributed by atoms with Gasteiger partial charge in [0.05, 0.1) is 16.8 Å². The predicted octanol–water partition coefficient (Wildman–Crippen LogP) is 5.57. The van der Waals surface area contributed by atoms with Gasteiger partial charge < -0.3 is 10.1 Å². The van der Waals surface area contributed by atoms with Gasteiger partial charge in [-0.1, -0.05) is 17.7 Å². The smallest absolute Gasteiger partial charge is 0.410 e. The third-order valence-electron chi connectivity index (χ3n) is 4.76. The average molecular weight is 564 g/mol. The number of carbonyl (C=O) groups excluding carboxylic acids is 1. The van der Waals surface area contributed by atoms with Crippen molar-refractivity contribution in [1.82, 2.24) is 24.9 Å². The molecule has 0 saturated heterocycles. The Morgan fingerprint density at radius 1 is 1.14 bits per heavy atom. The van der Waals surface area contributed by atoms with Crippen molar-refractivity contribution >= 4 is 17.5 Å². The van der Waals surface area contributed by atoms with E-state index in [0.29, 0.717) is 9.36 Å². The lowest BCUT2D eigenvalue weighted by molar-refractivity contribution is -0.306. The van der Waals surface area contributed by atoms with Gasteiger partial charge in [0.1, 0.15) is 0 Å². The molecule has 0 spiro atoms. The Balaban J connectivity index is 2.07. The zero-order valence-corrected chi connectivity index (χ0v) is 19.3. The van der Waals surface area contributed by atoms with Crippen molar-refractivity contribution in [2.24, 2.45) is 7.05 Å². The van der Waals surface area contributed by atoms with Gasteiger partial charge in [-0.25, -0.2) is 13.8 Å². The SMILES string of the molecule is CCNC(=O)c1cc(-c2cnn(-c3c(C(F)(F)F)c(OC(F)(F)C(F)C(F)(F)F)nn3C)c2)ccc1Cl. The van der Waals surface area contributed by atoms with Gasteiger partial charge in [0.2, 0.25) is 0 Å². The molecule has 0 bridgehead atoms. The van der Waals surface area contributed by atoms with Crippen molar-refractivity contribution in [3.8, 4) is 22.8 Å². The number of aryl methyl sites for hydroxylation is 1. The molecular formula is C20H15ClF9N5O2. The fourth-order valence-electron chi connectivity index (χ4n) is 3.17. The molecule has 2 heterocycles. The summed E-state index contributed by atoms with van der Waals surface area (Å²) < 4.78 is 124. The van der Waals surface area contributed by atoms with Crippen molar-refractivity contribution in [3.05, 3.63) is 46.7 Å². The van der Waals surface area contributed by atoms with Gasteiger partial charge in [0, 0.05) is 25.4 Å². The van der Waals surface area contributed by atoms with Crippen LogP contribution in [0.4, 0.5) is 39.5 Å². The van der Waals surface area contributed by atoms with E-state index in [1.165, 1.54) is 18.2 Å². The number of ether oxygens (including phenoxy) is 1. The van der Waals surface area contributed by atoms with Gasteiger partial charge >= 0.3 is 18.5 Å². The van der Waals surface area contributed by atoms with E-state index in [2.05, 4.69) is 20.3 Å². The lowest BCUT2D eigenvalue weighted by Gasteiger charge is -2.22. The molecule has 7 nitrogen and oxygen atoms in total. The number of nitrogens with zero attached hydrogens (tertiary/aromatic N) is 4. The van der Waals surface area contributed by atoms with Crippen molar-refractivity contribution in [1.29, 1.82) is 0 Å². The van der Waals surface area contributed by atoms with Gasteiger partial charge in [-0.15, -0.1) is 5.10 Å². The quantitative estimate of drug-likeness (QED) is 0.382. The minimum Gasteiger partial charge on any atom is -0.410 e. The summed E-state index contributed by atoms with van der Waals surface area (Å²) in [6, 6.07) is 4.11. The normalized spacial score (nSPS) is 13.5. The number of alkyl halides is 9. The van der Waals surface area contributed by atoms with E-state index in [9.17, 15) is 44.3 Å². The van der Waals surface area contributed by atoms with E-state index in [0.717, 1.165) is 19.4 Å². The van der Waals surface area contributed by atoms with Gasteiger partial charge in [-0.2, -0.15) is 40.2 Å². The molecule has 2 aromatic heterocycles. The van der Waals surface area contributed by atoms with Crippen LogP contribution in [0.2, 0.25) is 5.02 Å². The zero-order chi connectivity index (χ0) is 27.9. The monoisotopic (exact) mass is 563 g/mol.